The molecule has 0 bridgehead atoms. The highest BCUT2D eigenvalue weighted by molar-refractivity contribution is 5.79. The highest BCUT2D eigenvalue weighted by atomic mass is 16.1. The van der Waals surface area contributed by atoms with E-state index in [2.05, 4.69) is 35.6 Å². The molecule has 5 nitrogen and oxygen atoms in total. The second-order valence-electron chi connectivity index (χ2n) is 8.27. The molecule has 0 fully saturated rings. The topological polar surface area (TPSA) is 61.9 Å². The van der Waals surface area contributed by atoms with Gasteiger partial charge in [-0.3, -0.25) is 9.69 Å². The molecule has 0 atom stereocenters. The molecular formula is C21H24N4O. The van der Waals surface area contributed by atoms with Crippen LogP contribution in [0, 0.1) is 6.92 Å². The molecule has 0 aliphatic carbocycles. The Morgan fingerprint density at radius 3 is 2.77 bits per heavy atom. The van der Waals surface area contributed by atoms with Crippen molar-refractivity contribution in [3.8, 4) is 0 Å². The lowest BCUT2D eigenvalue weighted by molar-refractivity contribution is 0.270. The smallest absolute Gasteiger partial charge is 0.189 e. The second kappa shape index (κ2) is 6.02. The van der Waals surface area contributed by atoms with E-state index in [4.69, 9.17) is 4.98 Å². The largest absolute Gasteiger partial charge is 0.357 e. The summed E-state index contributed by atoms with van der Waals surface area (Å²) in [6.07, 6.45) is 1.95. The van der Waals surface area contributed by atoms with E-state index in [9.17, 15) is 4.79 Å². The molecule has 1 aliphatic heterocycles. The standard InChI is InChI=1S/C21H24N4O/c1-13-5-6-17-16(7-13)19(26)8-15(23-17)11-25-10-14-9-22-20(21(2,3)4)24-18(14)12-25/h5-9H,10-12H2,1-4H3,(H,23,26). The first-order chi connectivity index (χ1) is 12.3. The van der Waals surface area contributed by atoms with E-state index in [0.717, 1.165) is 46.8 Å². The zero-order chi connectivity index (χ0) is 18.5. The SMILES string of the molecule is Cc1ccc2[nH]c(CN3Cc4cnc(C(C)(C)C)nc4C3)cc(=O)c2c1. The van der Waals surface area contributed by atoms with Crippen LogP contribution < -0.4 is 5.43 Å². The third-order valence-electron chi connectivity index (χ3n) is 4.83. The van der Waals surface area contributed by atoms with E-state index >= 15 is 0 Å². The van der Waals surface area contributed by atoms with Gasteiger partial charge in [0.25, 0.3) is 0 Å². The minimum absolute atomic E-state index is 0.0514. The molecule has 0 saturated heterocycles. The third kappa shape index (κ3) is 3.15. The Kier molecular flexibility index (Phi) is 3.92. The number of hydrogen-bond acceptors (Lipinski definition) is 4. The van der Waals surface area contributed by atoms with Gasteiger partial charge in [-0.25, -0.2) is 9.97 Å². The first-order valence-corrected chi connectivity index (χ1v) is 9.00. The predicted molar refractivity (Wildman–Crippen MR) is 103 cm³/mol. The van der Waals surface area contributed by atoms with Crippen LogP contribution in [0.15, 0.2) is 35.3 Å². The summed E-state index contributed by atoms with van der Waals surface area (Å²) in [6.45, 7) is 10.7. The van der Waals surface area contributed by atoms with Gasteiger partial charge in [0.2, 0.25) is 0 Å². The number of pyridine rings is 1. The van der Waals surface area contributed by atoms with Crippen molar-refractivity contribution >= 4 is 10.9 Å². The van der Waals surface area contributed by atoms with Crippen molar-refractivity contribution in [2.75, 3.05) is 0 Å². The number of fused-ring (bicyclic) bond motifs is 2. The van der Waals surface area contributed by atoms with E-state index in [-0.39, 0.29) is 10.8 Å². The Morgan fingerprint density at radius 2 is 2.00 bits per heavy atom. The van der Waals surface area contributed by atoms with Crippen LogP contribution in [0.1, 0.15) is 49.1 Å². The van der Waals surface area contributed by atoms with Crippen molar-refractivity contribution in [2.45, 2.75) is 52.7 Å². The van der Waals surface area contributed by atoms with Crippen LogP contribution in [0.4, 0.5) is 0 Å². The molecule has 0 spiro atoms. The summed E-state index contributed by atoms with van der Waals surface area (Å²) in [6, 6.07) is 7.66. The van der Waals surface area contributed by atoms with Gasteiger partial charge in [0, 0.05) is 59.5 Å². The van der Waals surface area contributed by atoms with Crippen molar-refractivity contribution in [1.29, 1.82) is 0 Å². The van der Waals surface area contributed by atoms with Gasteiger partial charge in [0.1, 0.15) is 5.82 Å². The number of aryl methyl sites for hydroxylation is 1. The second-order valence-corrected chi connectivity index (χ2v) is 8.27. The minimum Gasteiger partial charge on any atom is -0.357 e. The maximum Gasteiger partial charge on any atom is 0.189 e. The van der Waals surface area contributed by atoms with Gasteiger partial charge in [0.15, 0.2) is 5.43 Å². The fourth-order valence-corrected chi connectivity index (χ4v) is 3.43. The van der Waals surface area contributed by atoms with Gasteiger partial charge >= 0.3 is 0 Å². The van der Waals surface area contributed by atoms with Gasteiger partial charge in [-0.1, -0.05) is 32.4 Å². The van der Waals surface area contributed by atoms with Gasteiger partial charge in [-0.05, 0) is 19.1 Å². The van der Waals surface area contributed by atoms with E-state index in [1.807, 2.05) is 31.3 Å². The summed E-state index contributed by atoms with van der Waals surface area (Å²) in [5.74, 6) is 0.882. The predicted octanol–water partition coefficient (Wildman–Crippen LogP) is 3.44. The van der Waals surface area contributed by atoms with Crippen molar-refractivity contribution in [2.24, 2.45) is 0 Å². The number of aromatic amines is 1. The number of H-pyrrole nitrogens is 1. The van der Waals surface area contributed by atoms with Crippen LogP contribution in [0.2, 0.25) is 0 Å². The molecule has 3 heterocycles. The summed E-state index contributed by atoms with van der Waals surface area (Å²) in [4.78, 5) is 27.4. The van der Waals surface area contributed by atoms with Gasteiger partial charge in [0.05, 0.1) is 5.69 Å². The molecule has 4 rings (SSSR count). The summed E-state index contributed by atoms with van der Waals surface area (Å²) in [5.41, 5.74) is 5.22. The molecule has 0 radical (unpaired) electrons. The quantitative estimate of drug-likeness (QED) is 0.771. The molecule has 2 aromatic heterocycles. The Morgan fingerprint density at radius 1 is 1.19 bits per heavy atom. The van der Waals surface area contributed by atoms with E-state index in [1.165, 1.54) is 5.56 Å². The Balaban J connectivity index is 1.58. The van der Waals surface area contributed by atoms with Crippen LogP contribution in [0.25, 0.3) is 10.9 Å². The lowest BCUT2D eigenvalue weighted by Crippen LogP contribution is -2.19. The highest BCUT2D eigenvalue weighted by Gasteiger charge is 2.25. The summed E-state index contributed by atoms with van der Waals surface area (Å²) in [7, 11) is 0. The van der Waals surface area contributed by atoms with Gasteiger partial charge < -0.3 is 4.98 Å². The molecule has 5 heteroatoms. The number of aromatic nitrogens is 3. The molecule has 26 heavy (non-hydrogen) atoms. The van der Waals surface area contributed by atoms with Crippen molar-refractivity contribution in [3.05, 3.63) is 69.0 Å². The fourth-order valence-electron chi connectivity index (χ4n) is 3.43. The minimum atomic E-state index is -0.0514. The first-order valence-electron chi connectivity index (χ1n) is 9.00. The van der Waals surface area contributed by atoms with Crippen LogP contribution in [-0.4, -0.2) is 19.9 Å². The van der Waals surface area contributed by atoms with Crippen molar-refractivity contribution < 1.29 is 0 Å². The zero-order valence-corrected chi connectivity index (χ0v) is 15.8. The number of nitrogens with zero attached hydrogens (tertiary/aromatic N) is 3. The molecule has 0 unspecified atom stereocenters. The average Bonchev–Trinajstić information content (AvgIpc) is 2.96. The maximum atomic E-state index is 12.4. The molecule has 0 amide bonds. The summed E-state index contributed by atoms with van der Waals surface area (Å²) < 4.78 is 0. The van der Waals surface area contributed by atoms with Crippen LogP contribution in [-0.2, 0) is 25.0 Å². The Labute approximate surface area is 153 Å². The lowest BCUT2D eigenvalue weighted by Gasteiger charge is -2.16. The van der Waals surface area contributed by atoms with Crippen LogP contribution in [0.5, 0.6) is 0 Å². The molecule has 134 valence electrons. The fraction of sp³-hybridized carbons (Fsp3) is 0.381. The van der Waals surface area contributed by atoms with E-state index in [0.29, 0.717) is 6.54 Å². The maximum absolute atomic E-state index is 12.4. The average molecular weight is 348 g/mol. The number of nitrogens with one attached hydrogen (secondary N) is 1. The van der Waals surface area contributed by atoms with Crippen molar-refractivity contribution in [3.63, 3.8) is 0 Å². The Hall–Kier alpha value is -2.53. The number of hydrogen-bond donors (Lipinski definition) is 1. The monoisotopic (exact) mass is 348 g/mol. The van der Waals surface area contributed by atoms with Crippen molar-refractivity contribution in [1.82, 2.24) is 19.9 Å². The zero-order valence-electron chi connectivity index (χ0n) is 15.8. The van der Waals surface area contributed by atoms with Gasteiger partial charge in [-0.2, -0.15) is 0 Å². The molecule has 0 saturated carbocycles. The van der Waals surface area contributed by atoms with Crippen LogP contribution in [0.3, 0.4) is 0 Å². The normalized spacial score (nSPS) is 14.8. The van der Waals surface area contributed by atoms with Crippen LogP contribution >= 0.6 is 0 Å². The van der Waals surface area contributed by atoms with E-state index < -0.39 is 0 Å². The summed E-state index contributed by atoms with van der Waals surface area (Å²) >= 11 is 0. The third-order valence-corrected chi connectivity index (χ3v) is 4.83. The highest BCUT2D eigenvalue weighted by Crippen LogP contribution is 2.25. The molecule has 1 aliphatic rings. The summed E-state index contributed by atoms with van der Waals surface area (Å²) in [5, 5.41) is 0.749. The lowest BCUT2D eigenvalue weighted by atomic mass is 9.95. The Bertz CT molecular complexity index is 1050. The molecule has 1 aromatic carbocycles. The van der Waals surface area contributed by atoms with E-state index in [1.54, 1.807) is 6.07 Å². The molecule has 3 aromatic rings. The van der Waals surface area contributed by atoms with Gasteiger partial charge in [-0.15, -0.1) is 0 Å². The molecule has 1 N–H and O–H groups in total. The number of benzene rings is 1. The molecular weight excluding hydrogens is 324 g/mol. The number of rotatable bonds is 2. The first kappa shape index (κ1) is 16.9.